The third kappa shape index (κ3) is 3.46. The fourth-order valence-electron chi connectivity index (χ4n) is 2.88. The molecule has 0 saturated carbocycles. The quantitative estimate of drug-likeness (QED) is 0.901. The van der Waals surface area contributed by atoms with E-state index < -0.39 is 10.0 Å². The summed E-state index contributed by atoms with van der Waals surface area (Å²) < 4.78 is 31.7. The molecule has 1 aromatic carbocycles. The van der Waals surface area contributed by atoms with E-state index in [1.54, 1.807) is 29.2 Å². The minimum Gasteiger partial charge on any atom is -0.459 e. The fraction of sp³-hybridized carbons (Fsp3) is 0.353. The number of benzene rings is 1. The van der Waals surface area contributed by atoms with Gasteiger partial charge in [-0.25, -0.2) is 8.42 Å². The topological polar surface area (TPSA) is 79.6 Å². The van der Waals surface area contributed by atoms with Gasteiger partial charge < -0.3 is 9.32 Å². The van der Waals surface area contributed by atoms with Gasteiger partial charge in [-0.3, -0.25) is 9.52 Å². The summed E-state index contributed by atoms with van der Waals surface area (Å²) in [7, 11) is -3.36. The average molecular weight is 348 g/mol. The maximum atomic E-state index is 12.6. The van der Waals surface area contributed by atoms with Gasteiger partial charge in [0.05, 0.1) is 17.7 Å². The van der Waals surface area contributed by atoms with Crippen LogP contribution in [0.2, 0.25) is 0 Å². The van der Waals surface area contributed by atoms with Crippen LogP contribution < -0.4 is 9.62 Å². The van der Waals surface area contributed by atoms with Gasteiger partial charge in [0, 0.05) is 12.2 Å². The number of hydrogen-bond acceptors (Lipinski definition) is 4. The van der Waals surface area contributed by atoms with Gasteiger partial charge in [0.1, 0.15) is 0 Å². The predicted octanol–water partition coefficient (Wildman–Crippen LogP) is 3.02. The summed E-state index contributed by atoms with van der Waals surface area (Å²) >= 11 is 0. The zero-order valence-corrected chi connectivity index (χ0v) is 14.3. The molecule has 0 radical (unpaired) electrons. The van der Waals surface area contributed by atoms with Crippen molar-refractivity contribution in [2.24, 2.45) is 0 Å². The smallest absolute Gasteiger partial charge is 0.293 e. The monoisotopic (exact) mass is 348 g/mol. The Hall–Kier alpha value is -2.28. The van der Waals surface area contributed by atoms with Crippen LogP contribution >= 0.6 is 0 Å². The second-order valence-corrected chi connectivity index (χ2v) is 7.64. The Labute approximate surface area is 141 Å². The van der Waals surface area contributed by atoms with Crippen LogP contribution in [0.3, 0.4) is 0 Å². The van der Waals surface area contributed by atoms with Gasteiger partial charge >= 0.3 is 0 Å². The molecule has 1 aliphatic rings. The van der Waals surface area contributed by atoms with Crippen molar-refractivity contribution in [1.29, 1.82) is 0 Å². The number of amides is 1. The molecule has 0 saturated heterocycles. The molecule has 0 spiro atoms. The van der Waals surface area contributed by atoms with E-state index >= 15 is 0 Å². The molecular formula is C17H20N2O4S. The Morgan fingerprint density at radius 1 is 1.33 bits per heavy atom. The molecule has 2 aromatic rings. The van der Waals surface area contributed by atoms with Gasteiger partial charge in [-0.15, -0.1) is 0 Å². The predicted molar refractivity (Wildman–Crippen MR) is 92.8 cm³/mol. The maximum Gasteiger partial charge on any atom is 0.293 e. The molecule has 7 heteroatoms. The van der Waals surface area contributed by atoms with Crippen molar-refractivity contribution in [1.82, 2.24) is 0 Å². The number of carbonyl (C=O) groups is 1. The summed E-state index contributed by atoms with van der Waals surface area (Å²) in [4.78, 5) is 14.3. The molecular weight excluding hydrogens is 328 g/mol. The Balaban J connectivity index is 1.91. The van der Waals surface area contributed by atoms with Crippen LogP contribution in [0.5, 0.6) is 0 Å². The molecule has 1 aromatic heterocycles. The van der Waals surface area contributed by atoms with Crippen molar-refractivity contribution in [3.05, 3.63) is 47.9 Å². The summed E-state index contributed by atoms with van der Waals surface area (Å²) in [6.45, 7) is 2.40. The normalized spacial score (nSPS) is 14.3. The summed E-state index contributed by atoms with van der Waals surface area (Å²) in [5, 5.41) is 0. The number of rotatable bonds is 5. The van der Waals surface area contributed by atoms with Crippen molar-refractivity contribution in [2.75, 3.05) is 21.9 Å². The van der Waals surface area contributed by atoms with Gasteiger partial charge in [0.25, 0.3) is 5.91 Å². The molecule has 0 bridgehead atoms. The Kier molecular flexibility index (Phi) is 4.62. The standard InChI is InChI=1S/C17H20N2O4S/c1-2-11-24(21,22)18-14-8-7-13-5-3-9-19(15(13)12-14)17(20)16-6-4-10-23-16/h4,6-8,10,12,18H,2-3,5,9,11H2,1H3. The molecule has 6 nitrogen and oxygen atoms in total. The van der Waals surface area contributed by atoms with Crippen LogP contribution in [0, 0.1) is 0 Å². The molecule has 0 fully saturated rings. The van der Waals surface area contributed by atoms with Gasteiger partial charge in [-0.05, 0) is 49.1 Å². The van der Waals surface area contributed by atoms with Crippen molar-refractivity contribution in [3.63, 3.8) is 0 Å². The third-order valence-corrected chi connectivity index (χ3v) is 5.42. The lowest BCUT2D eigenvalue weighted by Crippen LogP contribution is -2.35. The number of carbonyl (C=O) groups excluding carboxylic acids is 1. The zero-order valence-electron chi connectivity index (χ0n) is 13.5. The first-order valence-corrected chi connectivity index (χ1v) is 9.64. The highest BCUT2D eigenvalue weighted by Gasteiger charge is 2.25. The first-order valence-electron chi connectivity index (χ1n) is 7.99. The van der Waals surface area contributed by atoms with Gasteiger partial charge in [-0.2, -0.15) is 0 Å². The summed E-state index contributed by atoms with van der Waals surface area (Å²) in [5.74, 6) is 0.133. The Bertz CT molecular complexity index is 828. The van der Waals surface area contributed by atoms with E-state index in [0.29, 0.717) is 18.7 Å². The molecule has 24 heavy (non-hydrogen) atoms. The average Bonchev–Trinajstić information content (AvgIpc) is 3.07. The number of nitrogens with zero attached hydrogens (tertiary/aromatic N) is 1. The first-order chi connectivity index (χ1) is 11.5. The second kappa shape index (κ2) is 6.68. The molecule has 1 aliphatic heterocycles. The lowest BCUT2D eigenvalue weighted by Gasteiger charge is -2.29. The SMILES string of the molecule is CCCS(=O)(=O)Nc1ccc2c(c1)N(C(=O)c1ccco1)CCC2. The molecule has 2 heterocycles. The molecule has 0 aliphatic carbocycles. The van der Waals surface area contributed by atoms with Crippen molar-refractivity contribution >= 4 is 27.3 Å². The van der Waals surface area contributed by atoms with E-state index in [9.17, 15) is 13.2 Å². The second-order valence-electron chi connectivity index (χ2n) is 5.80. The van der Waals surface area contributed by atoms with Gasteiger partial charge in [0.15, 0.2) is 5.76 Å². The highest BCUT2D eigenvalue weighted by molar-refractivity contribution is 7.92. The number of sulfonamides is 1. The summed E-state index contributed by atoms with van der Waals surface area (Å²) in [6.07, 6.45) is 3.73. The highest BCUT2D eigenvalue weighted by Crippen LogP contribution is 2.31. The molecule has 0 atom stereocenters. The zero-order chi connectivity index (χ0) is 17.2. The molecule has 1 amide bonds. The summed E-state index contributed by atoms with van der Waals surface area (Å²) in [6, 6.07) is 8.65. The maximum absolute atomic E-state index is 12.6. The number of aryl methyl sites for hydroxylation is 1. The Morgan fingerprint density at radius 2 is 2.17 bits per heavy atom. The van der Waals surface area contributed by atoms with E-state index in [-0.39, 0.29) is 17.4 Å². The van der Waals surface area contributed by atoms with Crippen LogP contribution in [-0.2, 0) is 16.4 Å². The van der Waals surface area contributed by atoms with Crippen molar-refractivity contribution < 1.29 is 17.6 Å². The molecule has 128 valence electrons. The number of nitrogens with one attached hydrogen (secondary N) is 1. The minimum atomic E-state index is -3.36. The van der Waals surface area contributed by atoms with E-state index in [0.717, 1.165) is 24.1 Å². The number of fused-ring (bicyclic) bond motifs is 1. The Morgan fingerprint density at radius 3 is 2.88 bits per heavy atom. The third-order valence-electron chi connectivity index (χ3n) is 3.93. The molecule has 1 N–H and O–H groups in total. The number of anilines is 2. The van der Waals surface area contributed by atoms with Crippen LogP contribution in [0.4, 0.5) is 11.4 Å². The lowest BCUT2D eigenvalue weighted by molar-refractivity contribution is 0.0958. The molecule has 3 rings (SSSR count). The van der Waals surface area contributed by atoms with Gasteiger partial charge in [0.2, 0.25) is 10.0 Å². The lowest BCUT2D eigenvalue weighted by atomic mass is 10.0. The van der Waals surface area contributed by atoms with Crippen LogP contribution in [0.15, 0.2) is 41.0 Å². The molecule has 0 unspecified atom stereocenters. The van der Waals surface area contributed by atoms with Crippen LogP contribution in [0.1, 0.15) is 35.9 Å². The largest absolute Gasteiger partial charge is 0.459 e. The van der Waals surface area contributed by atoms with E-state index in [1.165, 1.54) is 6.26 Å². The first kappa shape index (κ1) is 16.6. The fourth-order valence-corrected chi connectivity index (χ4v) is 4.01. The van der Waals surface area contributed by atoms with Crippen LogP contribution in [-0.4, -0.2) is 26.6 Å². The number of furan rings is 1. The van der Waals surface area contributed by atoms with Crippen molar-refractivity contribution in [2.45, 2.75) is 26.2 Å². The minimum absolute atomic E-state index is 0.0686. The van der Waals surface area contributed by atoms with E-state index in [1.807, 2.05) is 13.0 Å². The highest BCUT2D eigenvalue weighted by atomic mass is 32.2. The van der Waals surface area contributed by atoms with Crippen molar-refractivity contribution in [3.8, 4) is 0 Å². The van der Waals surface area contributed by atoms with E-state index in [4.69, 9.17) is 4.42 Å². The van der Waals surface area contributed by atoms with E-state index in [2.05, 4.69) is 4.72 Å². The van der Waals surface area contributed by atoms with Crippen LogP contribution in [0.25, 0.3) is 0 Å². The summed E-state index contributed by atoms with van der Waals surface area (Å²) in [5.41, 5.74) is 2.24. The van der Waals surface area contributed by atoms with Gasteiger partial charge in [-0.1, -0.05) is 13.0 Å². The number of hydrogen-bond donors (Lipinski definition) is 1.